The molecule has 11 heteroatoms. The summed E-state index contributed by atoms with van der Waals surface area (Å²) < 4.78 is 0. The number of carbonyl (C=O) groups is 1. The molecule has 0 radical (unpaired) electrons. The monoisotopic (exact) mass is 449 g/mol. The Balaban J connectivity index is 1.53. The summed E-state index contributed by atoms with van der Waals surface area (Å²) in [5.41, 5.74) is 1.93. The number of nitro groups is 1. The van der Waals surface area contributed by atoms with E-state index in [1.54, 1.807) is 17.5 Å². The van der Waals surface area contributed by atoms with Crippen LogP contribution in [0.4, 0.5) is 10.8 Å². The van der Waals surface area contributed by atoms with Crippen LogP contribution in [0.2, 0.25) is 0 Å². The van der Waals surface area contributed by atoms with E-state index in [0.717, 1.165) is 5.56 Å². The third kappa shape index (κ3) is 4.52. The molecule has 32 heavy (non-hydrogen) atoms. The van der Waals surface area contributed by atoms with Gasteiger partial charge >= 0.3 is 0 Å². The zero-order chi connectivity index (χ0) is 22.7. The molecule has 0 aliphatic carbocycles. The van der Waals surface area contributed by atoms with E-state index < -0.39 is 11.0 Å². The van der Waals surface area contributed by atoms with Gasteiger partial charge < -0.3 is 5.32 Å². The zero-order valence-corrected chi connectivity index (χ0v) is 18.1. The smallest absolute Gasteiger partial charge is 0.270 e. The van der Waals surface area contributed by atoms with E-state index in [2.05, 4.69) is 25.7 Å². The fourth-order valence-electron chi connectivity index (χ4n) is 3.14. The Hall–Kier alpha value is -3.99. The van der Waals surface area contributed by atoms with Gasteiger partial charge in [0.25, 0.3) is 11.6 Å². The Morgan fingerprint density at radius 1 is 1.12 bits per heavy atom. The summed E-state index contributed by atoms with van der Waals surface area (Å²) in [5.74, 6) is 0.00670. The number of non-ortho nitro benzene ring substituents is 1. The number of hydrogen-bond acceptors (Lipinski definition) is 8. The van der Waals surface area contributed by atoms with Gasteiger partial charge in [-0.25, -0.2) is 4.98 Å². The van der Waals surface area contributed by atoms with Crippen LogP contribution in [0.25, 0.3) is 22.6 Å². The first-order valence-corrected chi connectivity index (χ1v) is 10.7. The van der Waals surface area contributed by atoms with Gasteiger partial charge in [-0.05, 0) is 11.1 Å². The number of rotatable bonds is 7. The van der Waals surface area contributed by atoms with Crippen LogP contribution in [0.15, 0.2) is 60.0 Å². The minimum atomic E-state index is -0.690. The number of anilines is 1. The second-order valence-corrected chi connectivity index (χ2v) is 8.18. The minimum Gasteiger partial charge on any atom is -0.300 e. The van der Waals surface area contributed by atoms with Gasteiger partial charge in [-0.3, -0.25) is 14.9 Å². The number of carbonyl (C=O) groups excluding carboxylic acids is 1. The van der Waals surface area contributed by atoms with Crippen LogP contribution in [0.5, 0.6) is 0 Å². The topological polar surface area (TPSA) is 129 Å². The van der Waals surface area contributed by atoms with Crippen LogP contribution >= 0.6 is 11.3 Å². The number of tetrazole rings is 1. The van der Waals surface area contributed by atoms with Gasteiger partial charge in [0.2, 0.25) is 5.82 Å². The molecule has 2 aromatic heterocycles. The Morgan fingerprint density at radius 2 is 1.88 bits per heavy atom. The van der Waals surface area contributed by atoms with E-state index in [-0.39, 0.29) is 17.5 Å². The lowest BCUT2D eigenvalue weighted by atomic mass is 10.0. The standard InChI is InChI=1S/C21H19N7O3S/c1-13(2)18(27-25-19(24-26-27)14-7-4-3-5-8-14)20(29)23-21-22-17(12-32-21)15-9-6-10-16(11-15)28(30)31/h3-13,18H,1-2H3,(H,22,23,29). The molecule has 10 nitrogen and oxygen atoms in total. The zero-order valence-electron chi connectivity index (χ0n) is 17.2. The van der Waals surface area contributed by atoms with Crippen LogP contribution in [0.3, 0.4) is 0 Å². The molecular formula is C21H19N7O3S. The van der Waals surface area contributed by atoms with Crippen LogP contribution in [0, 0.1) is 16.0 Å². The van der Waals surface area contributed by atoms with E-state index in [1.165, 1.54) is 28.3 Å². The molecule has 1 atom stereocenters. The number of nitrogens with zero attached hydrogens (tertiary/aromatic N) is 6. The molecule has 0 aliphatic rings. The molecule has 0 aliphatic heterocycles. The maximum absolute atomic E-state index is 13.0. The highest BCUT2D eigenvalue weighted by Crippen LogP contribution is 2.28. The van der Waals surface area contributed by atoms with Gasteiger partial charge in [-0.1, -0.05) is 56.3 Å². The molecule has 2 heterocycles. The molecule has 0 bridgehead atoms. The molecule has 0 spiro atoms. The fourth-order valence-corrected chi connectivity index (χ4v) is 3.86. The summed E-state index contributed by atoms with van der Waals surface area (Å²) in [6.45, 7) is 3.79. The van der Waals surface area contributed by atoms with Gasteiger partial charge in [0, 0.05) is 28.6 Å². The van der Waals surface area contributed by atoms with Crippen molar-refractivity contribution in [2.75, 3.05) is 5.32 Å². The van der Waals surface area contributed by atoms with Crippen LogP contribution in [0.1, 0.15) is 19.9 Å². The van der Waals surface area contributed by atoms with Gasteiger partial charge in [-0.15, -0.1) is 21.5 Å². The van der Waals surface area contributed by atoms with E-state index >= 15 is 0 Å². The quantitative estimate of drug-likeness (QED) is 0.330. The average Bonchev–Trinajstić information content (AvgIpc) is 3.44. The third-order valence-corrected chi connectivity index (χ3v) is 5.45. The second kappa shape index (κ2) is 9.02. The number of aromatic nitrogens is 5. The largest absolute Gasteiger partial charge is 0.300 e. The number of amides is 1. The number of benzene rings is 2. The number of nitro benzene ring substituents is 1. The molecule has 0 saturated heterocycles. The van der Waals surface area contributed by atoms with Gasteiger partial charge in [0.15, 0.2) is 11.2 Å². The van der Waals surface area contributed by atoms with Crippen molar-refractivity contribution in [2.45, 2.75) is 19.9 Å². The first kappa shape index (κ1) is 21.2. The first-order valence-electron chi connectivity index (χ1n) is 9.78. The minimum absolute atomic E-state index is 0.0209. The number of hydrogen-bond donors (Lipinski definition) is 1. The highest BCUT2D eigenvalue weighted by molar-refractivity contribution is 7.14. The highest BCUT2D eigenvalue weighted by atomic mass is 32.1. The van der Waals surface area contributed by atoms with Gasteiger partial charge in [-0.2, -0.15) is 4.80 Å². The van der Waals surface area contributed by atoms with Gasteiger partial charge in [0.05, 0.1) is 10.6 Å². The number of nitrogens with one attached hydrogen (secondary N) is 1. The summed E-state index contributed by atoms with van der Waals surface area (Å²) in [6.07, 6.45) is 0. The average molecular weight is 449 g/mol. The van der Waals surface area contributed by atoms with Crippen LogP contribution < -0.4 is 5.32 Å². The van der Waals surface area contributed by atoms with E-state index in [9.17, 15) is 14.9 Å². The van der Waals surface area contributed by atoms with E-state index in [4.69, 9.17) is 0 Å². The first-order chi connectivity index (χ1) is 15.4. The van der Waals surface area contributed by atoms with Crippen molar-refractivity contribution in [1.29, 1.82) is 0 Å². The summed E-state index contributed by atoms with van der Waals surface area (Å²) in [4.78, 5) is 29.3. The van der Waals surface area contributed by atoms with Crippen molar-refractivity contribution >= 4 is 28.1 Å². The Labute approximate surface area is 187 Å². The normalized spacial score (nSPS) is 12.0. The predicted molar refractivity (Wildman–Crippen MR) is 120 cm³/mol. The Kier molecular flexibility index (Phi) is 5.99. The highest BCUT2D eigenvalue weighted by Gasteiger charge is 2.28. The Morgan fingerprint density at radius 3 is 2.59 bits per heavy atom. The molecule has 1 unspecified atom stereocenters. The molecule has 0 fully saturated rings. The molecule has 1 amide bonds. The lowest BCUT2D eigenvalue weighted by molar-refractivity contribution is -0.384. The van der Waals surface area contributed by atoms with Gasteiger partial charge in [0.1, 0.15) is 0 Å². The molecule has 4 aromatic rings. The lowest BCUT2D eigenvalue weighted by Gasteiger charge is -2.17. The van der Waals surface area contributed by atoms with Crippen molar-refractivity contribution < 1.29 is 9.72 Å². The second-order valence-electron chi connectivity index (χ2n) is 7.32. The summed E-state index contributed by atoms with van der Waals surface area (Å²) >= 11 is 1.23. The van der Waals surface area contributed by atoms with Crippen molar-refractivity contribution in [2.24, 2.45) is 5.92 Å². The van der Waals surface area contributed by atoms with Crippen molar-refractivity contribution in [3.05, 3.63) is 70.1 Å². The molecule has 0 saturated carbocycles. The van der Waals surface area contributed by atoms with E-state index in [1.807, 2.05) is 44.2 Å². The maximum atomic E-state index is 13.0. The van der Waals surface area contributed by atoms with Crippen LogP contribution in [-0.4, -0.2) is 36.0 Å². The maximum Gasteiger partial charge on any atom is 0.270 e. The molecule has 162 valence electrons. The van der Waals surface area contributed by atoms with Crippen LogP contribution in [-0.2, 0) is 4.79 Å². The van der Waals surface area contributed by atoms with Crippen molar-refractivity contribution in [1.82, 2.24) is 25.2 Å². The third-order valence-electron chi connectivity index (χ3n) is 4.70. The predicted octanol–water partition coefficient (Wildman–Crippen LogP) is 4.21. The number of thiazole rings is 1. The summed E-state index contributed by atoms with van der Waals surface area (Å²) in [6, 6.07) is 14.9. The Bertz CT molecular complexity index is 1250. The lowest BCUT2D eigenvalue weighted by Crippen LogP contribution is -2.31. The summed E-state index contributed by atoms with van der Waals surface area (Å²) in [7, 11) is 0. The SMILES string of the molecule is CC(C)C(C(=O)Nc1nc(-c2cccc([N+](=O)[O-])c2)cs1)n1nnc(-c2ccccc2)n1. The summed E-state index contributed by atoms with van der Waals surface area (Å²) in [5, 5.41) is 28.5. The van der Waals surface area contributed by atoms with Crippen molar-refractivity contribution in [3.63, 3.8) is 0 Å². The van der Waals surface area contributed by atoms with E-state index in [0.29, 0.717) is 22.2 Å². The molecule has 1 N–H and O–H groups in total. The fraction of sp³-hybridized carbons (Fsp3) is 0.190. The molecule has 4 rings (SSSR count). The molecular weight excluding hydrogens is 430 g/mol. The molecule has 2 aromatic carbocycles. The van der Waals surface area contributed by atoms with Crippen molar-refractivity contribution in [3.8, 4) is 22.6 Å².